The van der Waals surface area contributed by atoms with E-state index in [0.29, 0.717) is 11.1 Å². The number of halogens is 2. The number of aryl methyl sites for hydroxylation is 1. The van der Waals surface area contributed by atoms with Crippen molar-refractivity contribution in [3.63, 3.8) is 0 Å². The zero-order valence-corrected chi connectivity index (χ0v) is 13.2. The number of carbonyl (C=O) groups is 1. The van der Waals surface area contributed by atoms with E-state index in [-0.39, 0.29) is 17.5 Å². The van der Waals surface area contributed by atoms with Crippen molar-refractivity contribution in [2.75, 3.05) is 6.61 Å². The minimum atomic E-state index is -0.701. The standard InChI is InChI=1S/C16H17ClFN3O2/c17-12-5-4-10(7-13(12)18)14(9-22)20-16(23)11-8-19-21-6-2-1-3-15(11)21/h4-5,7-8,14,22H,1-3,6,9H2,(H,20,23). The van der Waals surface area contributed by atoms with Crippen molar-refractivity contribution in [1.82, 2.24) is 15.1 Å². The summed E-state index contributed by atoms with van der Waals surface area (Å²) < 4.78 is 15.4. The van der Waals surface area contributed by atoms with E-state index in [1.165, 1.54) is 12.1 Å². The molecule has 2 aromatic rings. The first-order chi connectivity index (χ1) is 11.1. The fraction of sp³-hybridized carbons (Fsp3) is 0.375. The first-order valence-corrected chi connectivity index (χ1v) is 7.89. The van der Waals surface area contributed by atoms with Gasteiger partial charge < -0.3 is 10.4 Å². The van der Waals surface area contributed by atoms with Crippen molar-refractivity contribution in [2.45, 2.75) is 31.8 Å². The number of hydrogen-bond donors (Lipinski definition) is 2. The molecule has 5 nitrogen and oxygen atoms in total. The summed E-state index contributed by atoms with van der Waals surface area (Å²) in [6, 6.07) is 3.51. The Morgan fingerprint density at radius 3 is 3.04 bits per heavy atom. The summed E-state index contributed by atoms with van der Waals surface area (Å²) >= 11 is 5.66. The molecule has 122 valence electrons. The molecule has 0 bridgehead atoms. The van der Waals surface area contributed by atoms with Gasteiger partial charge in [-0.25, -0.2) is 4.39 Å². The maximum absolute atomic E-state index is 13.6. The molecular weight excluding hydrogens is 321 g/mol. The van der Waals surface area contributed by atoms with Gasteiger partial charge >= 0.3 is 0 Å². The summed E-state index contributed by atoms with van der Waals surface area (Å²) in [4.78, 5) is 12.5. The Bertz CT molecular complexity index is 732. The maximum Gasteiger partial charge on any atom is 0.255 e. The van der Waals surface area contributed by atoms with Gasteiger partial charge in [0.1, 0.15) is 5.82 Å². The van der Waals surface area contributed by atoms with Crippen LogP contribution in [-0.4, -0.2) is 27.4 Å². The Morgan fingerprint density at radius 1 is 1.48 bits per heavy atom. The molecule has 2 heterocycles. The van der Waals surface area contributed by atoms with Crippen molar-refractivity contribution in [3.8, 4) is 0 Å². The number of aliphatic hydroxyl groups is 1. The maximum atomic E-state index is 13.6. The lowest BCUT2D eigenvalue weighted by Crippen LogP contribution is -2.31. The van der Waals surface area contributed by atoms with E-state index in [4.69, 9.17) is 11.6 Å². The van der Waals surface area contributed by atoms with Crippen molar-refractivity contribution < 1.29 is 14.3 Å². The summed E-state index contributed by atoms with van der Waals surface area (Å²) in [5.74, 6) is -0.901. The van der Waals surface area contributed by atoms with Crippen LogP contribution in [0.1, 0.15) is 40.5 Å². The Kier molecular flexibility index (Phi) is 4.63. The van der Waals surface area contributed by atoms with Crippen LogP contribution >= 0.6 is 11.6 Å². The highest BCUT2D eigenvalue weighted by atomic mass is 35.5. The molecule has 1 atom stereocenters. The van der Waals surface area contributed by atoms with Crippen molar-refractivity contribution in [2.24, 2.45) is 0 Å². The number of nitrogens with one attached hydrogen (secondary N) is 1. The van der Waals surface area contributed by atoms with E-state index in [1.54, 1.807) is 12.3 Å². The number of benzene rings is 1. The first kappa shape index (κ1) is 16.0. The van der Waals surface area contributed by atoms with Crippen LogP contribution in [0, 0.1) is 5.82 Å². The highest BCUT2D eigenvalue weighted by molar-refractivity contribution is 6.30. The molecule has 0 aliphatic carbocycles. The second-order valence-electron chi connectivity index (χ2n) is 5.57. The van der Waals surface area contributed by atoms with Gasteiger partial charge in [-0.05, 0) is 37.0 Å². The van der Waals surface area contributed by atoms with Crippen LogP contribution in [0.3, 0.4) is 0 Å². The normalized spacial score (nSPS) is 15.1. The van der Waals surface area contributed by atoms with Gasteiger partial charge in [0.15, 0.2) is 0 Å². The number of aliphatic hydroxyl groups excluding tert-OH is 1. The summed E-state index contributed by atoms with van der Waals surface area (Å²) in [5.41, 5.74) is 1.88. The third-order valence-corrected chi connectivity index (χ3v) is 4.37. The van der Waals surface area contributed by atoms with Crippen molar-refractivity contribution >= 4 is 17.5 Å². The number of aromatic nitrogens is 2. The molecular formula is C16H17ClFN3O2. The van der Waals surface area contributed by atoms with Crippen LogP contribution in [0.5, 0.6) is 0 Å². The molecule has 1 aromatic heterocycles. The van der Waals surface area contributed by atoms with Gasteiger partial charge in [-0.2, -0.15) is 5.10 Å². The molecule has 1 aromatic carbocycles. The topological polar surface area (TPSA) is 67.2 Å². The molecule has 23 heavy (non-hydrogen) atoms. The Morgan fingerprint density at radius 2 is 2.30 bits per heavy atom. The predicted octanol–water partition coefficient (Wildman–Crippen LogP) is 2.48. The molecule has 2 N–H and O–H groups in total. The van der Waals surface area contributed by atoms with E-state index >= 15 is 0 Å². The van der Waals surface area contributed by atoms with Crippen molar-refractivity contribution in [1.29, 1.82) is 0 Å². The average molecular weight is 338 g/mol. The van der Waals surface area contributed by atoms with Crippen LogP contribution in [-0.2, 0) is 13.0 Å². The van der Waals surface area contributed by atoms with Gasteiger partial charge in [-0.3, -0.25) is 9.48 Å². The quantitative estimate of drug-likeness (QED) is 0.900. The Balaban J connectivity index is 1.80. The molecule has 0 fully saturated rings. The number of hydrogen-bond acceptors (Lipinski definition) is 3. The fourth-order valence-corrected chi connectivity index (χ4v) is 2.93. The summed E-state index contributed by atoms with van der Waals surface area (Å²) in [6.45, 7) is 0.477. The molecule has 1 aliphatic heterocycles. The van der Waals surface area contributed by atoms with Gasteiger partial charge in [0.05, 0.1) is 35.1 Å². The molecule has 1 amide bonds. The summed E-state index contributed by atoms with van der Waals surface area (Å²) in [6.07, 6.45) is 4.44. The summed E-state index contributed by atoms with van der Waals surface area (Å²) in [5, 5.41) is 16.5. The van der Waals surface area contributed by atoms with Gasteiger partial charge in [0.25, 0.3) is 5.91 Å². The van der Waals surface area contributed by atoms with E-state index in [1.807, 2.05) is 4.68 Å². The zero-order chi connectivity index (χ0) is 16.4. The number of nitrogens with zero attached hydrogens (tertiary/aromatic N) is 2. The molecule has 0 spiro atoms. The van der Waals surface area contributed by atoms with Crippen LogP contribution in [0.25, 0.3) is 0 Å². The van der Waals surface area contributed by atoms with Gasteiger partial charge in [0.2, 0.25) is 0 Å². The van der Waals surface area contributed by atoms with E-state index in [0.717, 1.165) is 31.5 Å². The molecule has 3 rings (SSSR count). The molecule has 1 unspecified atom stereocenters. The number of amides is 1. The fourth-order valence-electron chi connectivity index (χ4n) is 2.81. The second kappa shape index (κ2) is 6.68. The van der Waals surface area contributed by atoms with Crippen molar-refractivity contribution in [3.05, 3.63) is 52.1 Å². The van der Waals surface area contributed by atoms with Crippen LogP contribution < -0.4 is 5.32 Å². The van der Waals surface area contributed by atoms with E-state index in [2.05, 4.69) is 10.4 Å². The second-order valence-corrected chi connectivity index (χ2v) is 5.97. The smallest absolute Gasteiger partial charge is 0.255 e. The van der Waals surface area contributed by atoms with E-state index in [9.17, 15) is 14.3 Å². The SMILES string of the molecule is O=C(NC(CO)c1ccc(Cl)c(F)c1)c1cnn2c1CCCC2. The van der Waals surface area contributed by atoms with Crippen LogP contribution in [0.4, 0.5) is 4.39 Å². The third-order valence-electron chi connectivity index (χ3n) is 4.06. The van der Waals surface area contributed by atoms with Gasteiger partial charge in [-0.1, -0.05) is 17.7 Å². The number of carbonyl (C=O) groups excluding carboxylic acids is 1. The first-order valence-electron chi connectivity index (χ1n) is 7.51. The summed E-state index contributed by atoms with van der Waals surface area (Å²) in [7, 11) is 0. The Labute approximate surface area is 138 Å². The monoisotopic (exact) mass is 337 g/mol. The molecule has 1 aliphatic rings. The van der Waals surface area contributed by atoms with Crippen LogP contribution in [0.2, 0.25) is 5.02 Å². The number of fused-ring (bicyclic) bond motifs is 1. The molecule has 0 radical (unpaired) electrons. The van der Waals surface area contributed by atoms with E-state index < -0.39 is 11.9 Å². The lowest BCUT2D eigenvalue weighted by molar-refractivity contribution is 0.0914. The highest BCUT2D eigenvalue weighted by Gasteiger charge is 2.22. The van der Waals surface area contributed by atoms with Crippen LogP contribution in [0.15, 0.2) is 24.4 Å². The third kappa shape index (κ3) is 3.23. The Hall–Kier alpha value is -1.92. The minimum absolute atomic E-state index is 0.00229. The van der Waals surface area contributed by atoms with Gasteiger partial charge in [0, 0.05) is 6.54 Å². The highest BCUT2D eigenvalue weighted by Crippen LogP contribution is 2.22. The average Bonchev–Trinajstić information content (AvgIpc) is 2.99. The predicted molar refractivity (Wildman–Crippen MR) is 83.9 cm³/mol. The molecule has 0 saturated carbocycles. The lowest BCUT2D eigenvalue weighted by Gasteiger charge is -2.18. The molecule has 0 saturated heterocycles. The molecule has 7 heteroatoms. The van der Waals surface area contributed by atoms with Gasteiger partial charge in [-0.15, -0.1) is 0 Å². The lowest BCUT2D eigenvalue weighted by atomic mass is 10.0. The largest absolute Gasteiger partial charge is 0.394 e. The zero-order valence-electron chi connectivity index (χ0n) is 12.4. The minimum Gasteiger partial charge on any atom is -0.394 e. The number of rotatable bonds is 4.